The summed E-state index contributed by atoms with van der Waals surface area (Å²) in [6.45, 7) is 2.99. The van der Waals surface area contributed by atoms with Gasteiger partial charge in [0.25, 0.3) is 5.56 Å². The lowest BCUT2D eigenvalue weighted by Crippen LogP contribution is -2.29. The van der Waals surface area contributed by atoms with Crippen LogP contribution in [0.3, 0.4) is 0 Å². The Morgan fingerprint density at radius 1 is 1.19 bits per heavy atom. The van der Waals surface area contributed by atoms with E-state index in [0.717, 1.165) is 11.1 Å². The summed E-state index contributed by atoms with van der Waals surface area (Å²) in [5, 5.41) is 7.57. The monoisotopic (exact) mass is 453 g/mol. The van der Waals surface area contributed by atoms with E-state index in [9.17, 15) is 14.0 Å². The Labute approximate surface area is 188 Å². The number of rotatable bonds is 7. The lowest BCUT2D eigenvalue weighted by Gasteiger charge is -2.09. The first-order chi connectivity index (χ1) is 15.4. The van der Waals surface area contributed by atoms with Crippen LogP contribution in [0.25, 0.3) is 11.0 Å². The maximum Gasteiger partial charge on any atom is 0.264 e. The van der Waals surface area contributed by atoms with Crippen molar-refractivity contribution in [3.63, 3.8) is 0 Å². The van der Waals surface area contributed by atoms with Crippen molar-refractivity contribution < 1.29 is 9.18 Å². The largest absolute Gasteiger partial charge is 0.354 e. The topological polar surface area (TPSA) is 81.8 Å². The number of hydrogen-bond donors (Lipinski definition) is 1. The zero-order chi connectivity index (χ0) is 22.7. The van der Waals surface area contributed by atoms with E-state index < -0.39 is 5.82 Å². The van der Waals surface area contributed by atoms with Crippen LogP contribution in [0.2, 0.25) is 5.02 Å². The molecule has 0 saturated heterocycles. The third-order valence-electron chi connectivity index (χ3n) is 5.14. The lowest BCUT2D eigenvalue weighted by atomic mass is 10.1. The summed E-state index contributed by atoms with van der Waals surface area (Å²) in [6.07, 6.45) is 2.83. The minimum atomic E-state index is -0.517. The standard InChI is InChI=1S/C23H21ClFN5O2/c1-15-5-7-16(8-6-15)13-29-14-27-22-18(23(29)32)12-28-30(22)10-9-26-21(31)11-17-19(24)3-2-4-20(17)25/h2-8,12,14H,9-11,13H2,1H3,(H,26,31). The summed E-state index contributed by atoms with van der Waals surface area (Å²) >= 11 is 5.97. The van der Waals surface area contributed by atoms with E-state index >= 15 is 0 Å². The molecule has 0 fully saturated rings. The molecule has 0 unspecified atom stereocenters. The van der Waals surface area contributed by atoms with E-state index in [-0.39, 0.29) is 35.0 Å². The smallest absolute Gasteiger partial charge is 0.264 e. The molecule has 0 bridgehead atoms. The van der Waals surface area contributed by atoms with Gasteiger partial charge in [0.1, 0.15) is 17.5 Å². The van der Waals surface area contributed by atoms with Crippen LogP contribution in [-0.4, -0.2) is 31.8 Å². The fraction of sp³-hybridized carbons (Fsp3) is 0.217. The summed E-state index contributed by atoms with van der Waals surface area (Å²) in [5.41, 5.74) is 2.58. The van der Waals surface area contributed by atoms with Crippen molar-refractivity contribution in [3.8, 4) is 0 Å². The van der Waals surface area contributed by atoms with E-state index in [1.807, 2.05) is 31.2 Å². The number of nitrogens with one attached hydrogen (secondary N) is 1. The quantitative estimate of drug-likeness (QED) is 0.466. The van der Waals surface area contributed by atoms with Crippen molar-refractivity contribution in [2.45, 2.75) is 26.4 Å². The summed E-state index contributed by atoms with van der Waals surface area (Å²) in [6, 6.07) is 12.3. The molecule has 0 aliphatic heterocycles. The fourth-order valence-corrected chi connectivity index (χ4v) is 3.62. The molecule has 0 atom stereocenters. The number of amides is 1. The molecule has 0 radical (unpaired) electrons. The molecule has 9 heteroatoms. The molecular formula is C23H21ClFN5O2. The summed E-state index contributed by atoms with van der Waals surface area (Å²) in [5.74, 6) is -0.876. The van der Waals surface area contributed by atoms with Crippen LogP contribution in [0.15, 0.2) is 59.8 Å². The number of aryl methyl sites for hydroxylation is 1. The van der Waals surface area contributed by atoms with Gasteiger partial charge in [-0.2, -0.15) is 5.10 Å². The second kappa shape index (κ2) is 9.32. The Hall–Kier alpha value is -3.52. The van der Waals surface area contributed by atoms with Crippen molar-refractivity contribution in [1.82, 2.24) is 24.6 Å². The fourth-order valence-electron chi connectivity index (χ4n) is 3.39. The minimum absolute atomic E-state index is 0.159. The zero-order valence-electron chi connectivity index (χ0n) is 17.4. The lowest BCUT2D eigenvalue weighted by molar-refractivity contribution is -0.120. The summed E-state index contributed by atoms with van der Waals surface area (Å²) in [7, 11) is 0. The first-order valence-corrected chi connectivity index (χ1v) is 10.5. The molecule has 0 aliphatic rings. The van der Waals surface area contributed by atoms with Crippen LogP contribution < -0.4 is 10.9 Å². The number of halogens is 2. The molecular weight excluding hydrogens is 433 g/mol. The molecule has 0 saturated carbocycles. The molecule has 0 spiro atoms. The van der Waals surface area contributed by atoms with E-state index in [4.69, 9.17) is 11.6 Å². The molecule has 4 rings (SSSR count). The van der Waals surface area contributed by atoms with Gasteiger partial charge in [-0.25, -0.2) is 14.1 Å². The molecule has 4 aromatic rings. The Morgan fingerprint density at radius 2 is 1.97 bits per heavy atom. The number of nitrogens with zero attached hydrogens (tertiary/aromatic N) is 4. The number of fused-ring (bicyclic) bond motifs is 1. The first kappa shape index (κ1) is 21.7. The Balaban J connectivity index is 1.41. The van der Waals surface area contributed by atoms with Crippen molar-refractivity contribution >= 4 is 28.5 Å². The third-order valence-corrected chi connectivity index (χ3v) is 5.49. The van der Waals surface area contributed by atoms with Gasteiger partial charge < -0.3 is 5.32 Å². The molecule has 1 N–H and O–H groups in total. The number of carbonyl (C=O) groups excluding carboxylic acids is 1. The average Bonchev–Trinajstić information content (AvgIpc) is 3.18. The summed E-state index contributed by atoms with van der Waals surface area (Å²) in [4.78, 5) is 29.4. The van der Waals surface area contributed by atoms with E-state index in [2.05, 4.69) is 15.4 Å². The number of hydrogen-bond acceptors (Lipinski definition) is 4. The van der Waals surface area contributed by atoms with Gasteiger partial charge >= 0.3 is 0 Å². The Morgan fingerprint density at radius 3 is 2.72 bits per heavy atom. The predicted octanol–water partition coefficient (Wildman–Crippen LogP) is 3.10. The third kappa shape index (κ3) is 4.70. The van der Waals surface area contributed by atoms with Crippen LogP contribution in [0, 0.1) is 12.7 Å². The second-order valence-electron chi connectivity index (χ2n) is 7.50. The number of benzene rings is 2. The van der Waals surface area contributed by atoms with Crippen molar-refractivity contribution in [2.75, 3.05) is 6.54 Å². The van der Waals surface area contributed by atoms with Gasteiger partial charge in [-0.15, -0.1) is 0 Å². The molecule has 2 heterocycles. The normalized spacial score (nSPS) is 11.1. The van der Waals surface area contributed by atoms with Gasteiger partial charge in [0.2, 0.25) is 5.91 Å². The van der Waals surface area contributed by atoms with Gasteiger partial charge in [0, 0.05) is 17.1 Å². The van der Waals surface area contributed by atoms with Gasteiger partial charge in [0.15, 0.2) is 5.65 Å². The second-order valence-corrected chi connectivity index (χ2v) is 7.90. The SMILES string of the molecule is Cc1ccc(Cn2cnc3c(cnn3CCNC(=O)Cc3c(F)cccc3Cl)c2=O)cc1. The highest BCUT2D eigenvalue weighted by atomic mass is 35.5. The van der Waals surface area contributed by atoms with Crippen molar-refractivity contribution in [1.29, 1.82) is 0 Å². The molecule has 2 aromatic heterocycles. The Bertz CT molecular complexity index is 1310. The first-order valence-electron chi connectivity index (χ1n) is 10.1. The van der Waals surface area contributed by atoms with Gasteiger partial charge in [0.05, 0.1) is 25.7 Å². The minimum Gasteiger partial charge on any atom is -0.354 e. The van der Waals surface area contributed by atoms with Crippen LogP contribution >= 0.6 is 11.6 Å². The molecule has 7 nitrogen and oxygen atoms in total. The highest BCUT2D eigenvalue weighted by molar-refractivity contribution is 6.31. The predicted molar refractivity (Wildman–Crippen MR) is 120 cm³/mol. The maximum absolute atomic E-state index is 13.8. The van der Waals surface area contributed by atoms with Crippen molar-refractivity contribution in [2.24, 2.45) is 0 Å². The highest BCUT2D eigenvalue weighted by Gasteiger charge is 2.13. The highest BCUT2D eigenvalue weighted by Crippen LogP contribution is 2.19. The maximum atomic E-state index is 13.8. The van der Waals surface area contributed by atoms with Crippen LogP contribution in [0.4, 0.5) is 4.39 Å². The van der Waals surface area contributed by atoms with Crippen molar-refractivity contribution in [3.05, 3.63) is 92.9 Å². The average molecular weight is 454 g/mol. The van der Waals surface area contributed by atoms with Gasteiger partial charge in [-0.05, 0) is 24.6 Å². The Kier molecular flexibility index (Phi) is 6.32. The van der Waals surface area contributed by atoms with Crippen LogP contribution in [0.5, 0.6) is 0 Å². The summed E-state index contributed by atoms with van der Waals surface area (Å²) < 4.78 is 16.9. The van der Waals surface area contributed by atoms with Gasteiger partial charge in [-0.3, -0.25) is 14.2 Å². The molecule has 32 heavy (non-hydrogen) atoms. The van der Waals surface area contributed by atoms with E-state index in [1.165, 1.54) is 24.7 Å². The van der Waals surface area contributed by atoms with Crippen LogP contribution in [-0.2, 0) is 24.3 Å². The molecule has 1 amide bonds. The van der Waals surface area contributed by atoms with Gasteiger partial charge in [-0.1, -0.05) is 47.5 Å². The van der Waals surface area contributed by atoms with E-state index in [0.29, 0.717) is 24.1 Å². The zero-order valence-corrected chi connectivity index (χ0v) is 18.1. The number of aromatic nitrogens is 4. The molecule has 164 valence electrons. The molecule has 2 aromatic carbocycles. The number of carbonyl (C=O) groups is 1. The van der Waals surface area contributed by atoms with E-state index in [1.54, 1.807) is 15.3 Å². The van der Waals surface area contributed by atoms with Crippen LogP contribution in [0.1, 0.15) is 16.7 Å². The molecule has 0 aliphatic carbocycles.